The first-order chi connectivity index (χ1) is 24.2. The van der Waals surface area contributed by atoms with Crippen LogP contribution in [-0.2, 0) is 25.5 Å². The predicted octanol–water partition coefficient (Wildman–Crippen LogP) is 5.84. The van der Waals surface area contributed by atoms with Crippen molar-refractivity contribution in [3.8, 4) is 0 Å². The van der Waals surface area contributed by atoms with E-state index >= 15 is 0 Å². The molecule has 0 spiro atoms. The number of aromatic nitrogens is 3. The minimum absolute atomic E-state index is 0.0320. The minimum Gasteiger partial charge on any atom is -0.459 e. The highest BCUT2D eigenvalue weighted by Gasteiger charge is 2.41. The van der Waals surface area contributed by atoms with E-state index in [9.17, 15) is 19.2 Å². The average Bonchev–Trinajstić information content (AvgIpc) is 3.77. The fourth-order valence-electron chi connectivity index (χ4n) is 6.03. The molecule has 2 amide bonds. The first-order valence-electron chi connectivity index (χ1n) is 16.0. The number of aryl methyl sites for hydroxylation is 2. The van der Waals surface area contributed by atoms with Crippen molar-refractivity contribution in [1.82, 2.24) is 19.6 Å². The summed E-state index contributed by atoms with van der Waals surface area (Å²) < 4.78 is 19.8. The fraction of sp³-hybridized carbons (Fsp3) is 0.243. The topological polar surface area (TPSA) is 139 Å². The van der Waals surface area contributed by atoms with E-state index in [0.29, 0.717) is 27.7 Å². The zero-order chi connectivity index (χ0) is 34.9. The molecule has 1 saturated heterocycles. The van der Waals surface area contributed by atoms with Gasteiger partial charge in [-0.1, -0.05) is 59.1 Å². The van der Waals surface area contributed by atoms with Gasteiger partial charge < -0.3 is 18.8 Å². The number of esters is 2. The quantitative estimate of drug-likeness (QED) is 0.0995. The molecule has 13 heteroatoms. The molecule has 50 heavy (non-hydrogen) atoms. The van der Waals surface area contributed by atoms with Crippen LogP contribution in [0, 0.1) is 13.8 Å². The molecule has 7 rings (SSSR count). The number of hydroxylamine groups is 2. The Morgan fingerprint density at radius 2 is 1.50 bits per heavy atom. The number of carbonyl (C=O) groups is 4. The first-order valence-corrected chi connectivity index (χ1v) is 16.3. The maximum atomic E-state index is 13.2. The van der Waals surface area contributed by atoms with E-state index in [4.69, 9.17) is 30.6 Å². The number of carbonyl (C=O) groups excluding carboxylic acids is 4. The van der Waals surface area contributed by atoms with Gasteiger partial charge in [0.2, 0.25) is 0 Å². The molecule has 254 valence electrons. The highest BCUT2D eigenvalue weighted by Crippen LogP contribution is 2.37. The van der Waals surface area contributed by atoms with Crippen molar-refractivity contribution >= 4 is 46.4 Å². The average molecular weight is 695 g/mol. The van der Waals surface area contributed by atoms with E-state index < -0.39 is 42.2 Å². The summed E-state index contributed by atoms with van der Waals surface area (Å²) in [6, 6.07) is 20.5. The molecule has 5 aromatic rings. The number of ether oxygens (including phenoxy) is 3. The smallest absolute Gasteiger partial charge is 0.338 e. The van der Waals surface area contributed by atoms with Gasteiger partial charge in [0, 0.05) is 19.0 Å². The minimum atomic E-state index is -0.806. The van der Waals surface area contributed by atoms with Crippen LogP contribution in [0.25, 0.3) is 11.0 Å². The maximum absolute atomic E-state index is 13.2. The van der Waals surface area contributed by atoms with E-state index in [1.54, 1.807) is 59.3 Å². The van der Waals surface area contributed by atoms with Crippen molar-refractivity contribution in [2.75, 3.05) is 13.2 Å². The van der Waals surface area contributed by atoms with E-state index in [0.717, 1.165) is 16.2 Å². The highest BCUT2D eigenvalue weighted by molar-refractivity contribution is 6.34. The number of hydrogen-bond acceptors (Lipinski definition) is 10. The van der Waals surface area contributed by atoms with Gasteiger partial charge in [-0.3, -0.25) is 14.4 Å². The molecule has 0 saturated carbocycles. The van der Waals surface area contributed by atoms with Gasteiger partial charge in [0.25, 0.3) is 11.8 Å². The van der Waals surface area contributed by atoms with Gasteiger partial charge >= 0.3 is 11.9 Å². The van der Waals surface area contributed by atoms with Crippen molar-refractivity contribution in [1.29, 1.82) is 0 Å². The van der Waals surface area contributed by atoms with Gasteiger partial charge in [-0.15, -0.1) is 5.06 Å². The number of rotatable bonds is 10. The predicted molar refractivity (Wildman–Crippen MR) is 180 cm³/mol. The lowest BCUT2D eigenvalue weighted by Crippen LogP contribution is -2.32. The maximum Gasteiger partial charge on any atom is 0.338 e. The number of nitrogens with zero attached hydrogens (tertiary/aromatic N) is 4. The molecule has 0 unspecified atom stereocenters. The number of hydrogen-bond donors (Lipinski definition) is 0. The third kappa shape index (κ3) is 6.48. The fourth-order valence-corrected chi connectivity index (χ4v) is 6.28. The van der Waals surface area contributed by atoms with Gasteiger partial charge in [-0.05, 0) is 55.8 Å². The summed E-state index contributed by atoms with van der Waals surface area (Å²) in [4.78, 5) is 65.9. The number of amides is 2. The Kier molecular flexibility index (Phi) is 9.15. The molecular weight excluding hydrogens is 664 g/mol. The van der Waals surface area contributed by atoms with Crippen molar-refractivity contribution in [3.05, 3.63) is 129 Å². The zero-order valence-corrected chi connectivity index (χ0v) is 27.8. The molecule has 0 N–H and O–H groups in total. The monoisotopic (exact) mass is 694 g/mol. The van der Waals surface area contributed by atoms with Gasteiger partial charge in [0.1, 0.15) is 42.2 Å². The Labute approximate surface area is 291 Å². The van der Waals surface area contributed by atoms with Crippen molar-refractivity contribution in [2.24, 2.45) is 0 Å². The molecule has 2 aliphatic heterocycles. The Bertz CT molecular complexity index is 2080. The van der Waals surface area contributed by atoms with Crippen LogP contribution >= 0.6 is 11.6 Å². The van der Waals surface area contributed by atoms with Gasteiger partial charge in [0.15, 0.2) is 0 Å². The lowest BCUT2D eigenvalue weighted by molar-refractivity contribution is -0.0901. The lowest BCUT2D eigenvalue weighted by atomic mass is 10.1. The molecule has 0 aliphatic carbocycles. The SMILES string of the molecule is Cc1ccc(C(=O)OC[C@H]2O[C@@H](n3cc(CCON4C(=O)c5ccccc5C4=O)c4c(Cl)ncnc43)C[C@@H]2OC(=O)c2ccc(C)cc2)cc1. The van der Waals surface area contributed by atoms with Crippen LogP contribution in [0.3, 0.4) is 0 Å². The van der Waals surface area contributed by atoms with E-state index in [2.05, 4.69) is 9.97 Å². The second kappa shape index (κ2) is 13.8. The van der Waals surface area contributed by atoms with Crippen molar-refractivity contribution < 1.29 is 38.2 Å². The van der Waals surface area contributed by atoms with Crippen LogP contribution in [0.4, 0.5) is 0 Å². The molecule has 2 aromatic heterocycles. The third-order valence-corrected chi connectivity index (χ3v) is 8.98. The second-order valence-corrected chi connectivity index (χ2v) is 12.5. The number of fused-ring (bicyclic) bond motifs is 2. The Hall–Kier alpha value is -5.43. The Morgan fingerprint density at radius 3 is 2.14 bits per heavy atom. The third-order valence-electron chi connectivity index (χ3n) is 8.69. The van der Waals surface area contributed by atoms with Crippen LogP contribution in [-0.4, -0.2) is 68.8 Å². The Morgan fingerprint density at radius 1 is 0.880 bits per heavy atom. The summed E-state index contributed by atoms with van der Waals surface area (Å²) in [6.45, 7) is 3.64. The highest BCUT2D eigenvalue weighted by atomic mass is 35.5. The van der Waals surface area contributed by atoms with Crippen LogP contribution in [0.1, 0.15) is 70.8 Å². The summed E-state index contributed by atoms with van der Waals surface area (Å²) in [7, 11) is 0. The molecule has 3 aromatic carbocycles. The molecule has 4 heterocycles. The van der Waals surface area contributed by atoms with Gasteiger partial charge in [0.05, 0.1) is 34.2 Å². The summed E-state index contributed by atoms with van der Waals surface area (Å²) >= 11 is 6.56. The summed E-state index contributed by atoms with van der Waals surface area (Å²) in [6.07, 6.45) is 1.26. The van der Waals surface area contributed by atoms with Crippen molar-refractivity contribution in [2.45, 2.75) is 45.1 Å². The summed E-state index contributed by atoms with van der Waals surface area (Å²) in [5.41, 5.74) is 4.44. The number of benzene rings is 3. The van der Waals surface area contributed by atoms with Gasteiger partial charge in [-0.25, -0.2) is 19.6 Å². The Balaban J connectivity index is 1.11. The lowest BCUT2D eigenvalue weighted by Gasteiger charge is -2.19. The molecule has 2 aliphatic rings. The largest absolute Gasteiger partial charge is 0.459 e. The van der Waals surface area contributed by atoms with Crippen LogP contribution < -0.4 is 0 Å². The summed E-state index contributed by atoms with van der Waals surface area (Å²) in [5, 5.41) is 1.48. The number of imide groups is 1. The second-order valence-electron chi connectivity index (χ2n) is 12.1. The molecule has 3 atom stereocenters. The first kappa shape index (κ1) is 33.1. The van der Waals surface area contributed by atoms with E-state index in [1.165, 1.54) is 6.33 Å². The van der Waals surface area contributed by atoms with E-state index in [1.807, 2.05) is 38.1 Å². The molecule has 0 radical (unpaired) electrons. The zero-order valence-electron chi connectivity index (χ0n) is 27.1. The van der Waals surface area contributed by atoms with Crippen LogP contribution in [0.15, 0.2) is 85.3 Å². The standard InChI is InChI=1S/C37H31ClN4O8/c1-21-7-11-23(12-8-21)36(45)47-19-29-28(50-37(46)24-13-9-22(2)10-14-24)17-30(49-29)41-18-25(31-32(38)39-20-40-33(31)41)15-16-48-42-34(43)26-5-3-4-6-27(26)35(42)44/h3-14,18,20,28-30H,15-17,19H2,1-2H3/t28-,29+,30+/m0/s1. The molecule has 12 nitrogen and oxygen atoms in total. The molecule has 1 fully saturated rings. The number of halogens is 1. The molecular formula is C37H31ClN4O8. The molecule has 0 bridgehead atoms. The van der Waals surface area contributed by atoms with E-state index in [-0.39, 0.29) is 42.3 Å². The van der Waals surface area contributed by atoms with Crippen LogP contribution in [0.5, 0.6) is 0 Å². The normalized spacial score (nSPS) is 18.5. The van der Waals surface area contributed by atoms with Gasteiger partial charge in [-0.2, -0.15) is 0 Å². The van der Waals surface area contributed by atoms with Crippen LogP contribution in [0.2, 0.25) is 5.15 Å². The summed E-state index contributed by atoms with van der Waals surface area (Å²) in [5.74, 6) is -2.14. The van der Waals surface area contributed by atoms with Crippen molar-refractivity contribution in [3.63, 3.8) is 0 Å².